The number of nitrogen functional groups attached to an aromatic ring is 1. The lowest BCUT2D eigenvalue weighted by molar-refractivity contribution is 0.982. The maximum Gasteiger partial charge on any atom is 0.224 e. The van der Waals surface area contributed by atoms with Crippen molar-refractivity contribution in [3.63, 3.8) is 0 Å². The number of hydrogen-bond donors (Lipinski definition) is 3. The van der Waals surface area contributed by atoms with Crippen LogP contribution < -0.4 is 11.1 Å². The van der Waals surface area contributed by atoms with E-state index in [0.717, 1.165) is 18.7 Å². The Morgan fingerprint density at radius 1 is 1.24 bits per heavy atom. The van der Waals surface area contributed by atoms with Crippen molar-refractivity contribution in [1.29, 1.82) is 0 Å². The van der Waals surface area contributed by atoms with Crippen LogP contribution in [0.4, 0.5) is 11.8 Å². The Hall–Kier alpha value is -2.27. The second kappa shape index (κ2) is 6.45. The first-order chi connectivity index (χ1) is 9.72. The number of benzene rings is 1. The molecule has 0 saturated carbocycles. The quantitative estimate of drug-likeness (QED) is 0.692. The van der Waals surface area contributed by atoms with Crippen LogP contribution >= 0.6 is 12.4 Å². The largest absolute Gasteiger partial charge is 0.384 e. The lowest BCUT2D eigenvalue weighted by Crippen LogP contribution is -2.09. The Bertz CT molecular complexity index is 718. The normalized spacial score (nSPS) is 10.3. The molecule has 3 rings (SSSR count). The molecule has 2 aromatic heterocycles. The van der Waals surface area contributed by atoms with Gasteiger partial charge < -0.3 is 16.0 Å². The van der Waals surface area contributed by atoms with E-state index in [0.29, 0.717) is 11.8 Å². The number of nitrogens with two attached hydrogens (primary N) is 1. The summed E-state index contributed by atoms with van der Waals surface area (Å²) in [5.41, 5.74) is 9.02. The van der Waals surface area contributed by atoms with Crippen molar-refractivity contribution < 1.29 is 0 Å². The Balaban J connectivity index is 0.00000161. The molecule has 0 aliphatic rings. The van der Waals surface area contributed by atoms with Gasteiger partial charge in [0.25, 0.3) is 0 Å². The summed E-state index contributed by atoms with van der Waals surface area (Å²) >= 11 is 0. The van der Waals surface area contributed by atoms with Crippen molar-refractivity contribution in [1.82, 2.24) is 15.0 Å². The molecule has 6 heteroatoms. The third-order valence-corrected chi connectivity index (χ3v) is 3.23. The predicted molar refractivity (Wildman–Crippen MR) is 88.9 cm³/mol. The van der Waals surface area contributed by atoms with Gasteiger partial charge in [0.15, 0.2) is 0 Å². The van der Waals surface area contributed by atoms with Gasteiger partial charge in [-0.15, -0.1) is 12.4 Å². The highest BCUT2D eigenvalue weighted by Gasteiger charge is 2.03. The summed E-state index contributed by atoms with van der Waals surface area (Å²) in [6.07, 6.45) is 2.96. The highest BCUT2D eigenvalue weighted by molar-refractivity contribution is 5.85. The SMILES string of the molecule is Cc1cc(N)nc(NCCc2c[nH]c3ccccc23)n1.Cl. The summed E-state index contributed by atoms with van der Waals surface area (Å²) in [5, 5.41) is 4.48. The first kappa shape index (κ1) is 15.1. The van der Waals surface area contributed by atoms with Crippen molar-refractivity contribution in [3.05, 3.63) is 47.8 Å². The highest BCUT2D eigenvalue weighted by atomic mass is 35.5. The fourth-order valence-corrected chi connectivity index (χ4v) is 2.32. The average molecular weight is 304 g/mol. The molecule has 0 atom stereocenters. The molecule has 0 aliphatic carbocycles. The lowest BCUT2D eigenvalue weighted by Gasteiger charge is -2.06. The minimum absolute atomic E-state index is 0. The van der Waals surface area contributed by atoms with Gasteiger partial charge in [-0.3, -0.25) is 0 Å². The van der Waals surface area contributed by atoms with Crippen LogP contribution in [0.1, 0.15) is 11.3 Å². The van der Waals surface area contributed by atoms with Crippen molar-refractivity contribution in [2.45, 2.75) is 13.3 Å². The zero-order valence-electron chi connectivity index (χ0n) is 11.8. The lowest BCUT2D eigenvalue weighted by atomic mass is 10.1. The minimum atomic E-state index is 0. The maximum atomic E-state index is 5.70. The third-order valence-electron chi connectivity index (χ3n) is 3.23. The topological polar surface area (TPSA) is 79.6 Å². The first-order valence-electron chi connectivity index (χ1n) is 6.62. The summed E-state index contributed by atoms with van der Waals surface area (Å²) in [7, 11) is 0. The van der Waals surface area contributed by atoms with Crippen molar-refractivity contribution in [2.24, 2.45) is 0 Å². The maximum absolute atomic E-state index is 5.70. The van der Waals surface area contributed by atoms with E-state index in [1.54, 1.807) is 6.07 Å². The number of aryl methyl sites for hydroxylation is 1. The number of nitrogens with zero attached hydrogens (tertiary/aromatic N) is 2. The molecule has 0 aliphatic heterocycles. The van der Waals surface area contributed by atoms with Crippen LogP contribution in [-0.2, 0) is 6.42 Å². The van der Waals surface area contributed by atoms with Crippen LogP contribution in [0.25, 0.3) is 10.9 Å². The molecular weight excluding hydrogens is 286 g/mol. The summed E-state index contributed by atoms with van der Waals surface area (Å²) < 4.78 is 0. The number of halogens is 1. The number of aromatic nitrogens is 3. The van der Waals surface area contributed by atoms with E-state index >= 15 is 0 Å². The van der Waals surface area contributed by atoms with Gasteiger partial charge in [-0.25, -0.2) is 4.98 Å². The fraction of sp³-hybridized carbons (Fsp3) is 0.200. The monoisotopic (exact) mass is 303 g/mol. The van der Waals surface area contributed by atoms with Gasteiger partial charge in [0.1, 0.15) is 5.82 Å². The number of rotatable bonds is 4. The Kier molecular flexibility index (Phi) is 4.65. The number of fused-ring (bicyclic) bond motifs is 1. The molecule has 0 radical (unpaired) electrons. The summed E-state index contributed by atoms with van der Waals surface area (Å²) in [4.78, 5) is 11.7. The first-order valence-corrected chi connectivity index (χ1v) is 6.62. The van der Waals surface area contributed by atoms with E-state index in [4.69, 9.17) is 5.73 Å². The van der Waals surface area contributed by atoms with E-state index in [-0.39, 0.29) is 12.4 Å². The molecule has 0 fully saturated rings. The molecule has 21 heavy (non-hydrogen) atoms. The standard InChI is InChI=1S/C15H17N5.ClH/c1-10-8-14(16)20-15(19-10)17-7-6-11-9-18-13-5-3-2-4-12(11)13;/h2-5,8-9,18H,6-7H2,1H3,(H3,16,17,19,20);1H. The van der Waals surface area contributed by atoms with Gasteiger partial charge in [0, 0.05) is 35.4 Å². The Labute approximate surface area is 129 Å². The molecule has 0 unspecified atom stereocenters. The van der Waals surface area contributed by atoms with Crippen molar-refractivity contribution in [2.75, 3.05) is 17.6 Å². The number of nitrogens with one attached hydrogen (secondary N) is 2. The molecule has 2 heterocycles. The van der Waals surface area contributed by atoms with Crippen LogP contribution in [0.15, 0.2) is 36.5 Å². The van der Waals surface area contributed by atoms with Gasteiger partial charge in [-0.2, -0.15) is 4.98 Å². The van der Waals surface area contributed by atoms with Gasteiger partial charge in [0.2, 0.25) is 5.95 Å². The van der Waals surface area contributed by atoms with E-state index in [9.17, 15) is 0 Å². The van der Waals surface area contributed by atoms with E-state index in [2.05, 4.69) is 44.7 Å². The summed E-state index contributed by atoms with van der Waals surface area (Å²) in [6, 6.07) is 10.0. The van der Waals surface area contributed by atoms with Gasteiger partial charge >= 0.3 is 0 Å². The van der Waals surface area contributed by atoms with Crippen LogP contribution in [-0.4, -0.2) is 21.5 Å². The van der Waals surface area contributed by atoms with E-state index in [1.165, 1.54) is 16.5 Å². The van der Waals surface area contributed by atoms with Crippen LogP contribution in [0.2, 0.25) is 0 Å². The molecule has 0 bridgehead atoms. The molecule has 0 amide bonds. The zero-order chi connectivity index (χ0) is 13.9. The van der Waals surface area contributed by atoms with E-state index < -0.39 is 0 Å². The molecule has 5 nitrogen and oxygen atoms in total. The molecule has 110 valence electrons. The third kappa shape index (κ3) is 3.44. The van der Waals surface area contributed by atoms with Gasteiger partial charge in [0.05, 0.1) is 0 Å². The molecule has 0 saturated heterocycles. The molecule has 4 N–H and O–H groups in total. The van der Waals surface area contributed by atoms with Gasteiger partial charge in [-0.05, 0) is 25.0 Å². The average Bonchev–Trinajstić information content (AvgIpc) is 2.81. The minimum Gasteiger partial charge on any atom is -0.384 e. The summed E-state index contributed by atoms with van der Waals surface area (Å²) in [6.45, 7) is 2.67. The van der Waals surface area contributed by atoms with Crippen LogP contribution in [0.3, 0.4) is 0 Å². The second-order valence-corrected chi connectivity index (χ2v) is 4.79. The predicted octanol–water partition coefficient (Wildman–Crippen LogP) is 2.92. The van der Waals surface area contributed by atoms with Crippen molar-refractivity contribution in [3.8, 4) is 0 Å². The van der Waals surface area contributed by atoms with Gasteiger partial charge in [-0.1, -0.05) is 18.2 Å². The van der Waals surface area contributed by atoms with Crippen molar-refractivity contribution >= 4 is 35.1 Å². The molecular formula is C15H18ClN5. The smallest absolute Gasteiger partial charge is 0.224 e. The Morgan fingerprint density at radius 2 is 2.05 bits per heavy atom. The number of H-pyrrole nitrogens is 1. The molecule has 0 spiro atoms. The number of aromatic amines is 1. The number of hydrogen-bond acceptors (Lipinski definition) is 4. The zero-order valence-corrected chi connectivity index (χ0v) is 12.6. The van der Waals surface area contributed by atoms with Crippen LogP contribution in [0.5, 0.6) is 0 Å². The number of anilines is 2. The molecule has 3 aromatic rings. The Morgan fingerprint density at radius 3 is 2.86 bits per heavy atom. The molecule has 1 aromatic carbocycles. The fourth-order valence-electron chi connectivity index (χ4n) is 2.32. The highest BCUT2D eigenvalue weighted by Crippen LogP contribution is 2.18. The van der Waals surface area contributed by atoms with Crippen LogP contribution in [0, 0.1) is 6.92 Å². The summed E-state index contributed by atoms with van der Waals surface area (Å²) in [5.74, 6) is 1.08. The number of para-hydroxylation sites is 1. The second-order valence-electron chi connectivity index (χ2n) is 4.79. The van der Waals surface area contributed by atoms with E-state index in [1.807, 2.05) is 13.0 Å².